The fourth-order valence-electron chi connectivity index (χ4n) is 5.05. The summed E-state index contributed by atoms with van der Waals surface area (Å²) in [6.45, 7) is 2.98. The average molecular weight is 450 g/mol. The van der Waals surface area contributed by atoms with Crippen LogP contribution in [0.15, 0.2) is 54.7 Å². The van der Waals surface area contributed by atoms with Crippen LogP contribution in [0, 0.1) is 17.7 Å². The number of hydrogen-bond acceptors (Lipinski definition) is 5. The topological polar surface area (TPSA) is 72.3 Å². The Morgan fingerprint density at radius 2 is 1.97 bits per heavy atom. The van der Waals surface area contributed by atoms with Crippen LogP contribution in [0.25, 0.3) is 11.3 Å². The summed E-state index contributed by atoms with van der Waals surface area (Å²) in [4.78, 5) is 15.3. The number of piperidine rings is 3. The molecule has 3 aliphatic rings. The summed E-state index contributed by atoms with van der Waals surface area (Å²) < 4.78 is 20.2. The predicted molar refractivity (Wildman–Crippen MR) is 122 cm³/mol. The van der Waals surface area contributed by atoms with E-state index in [2.05, 4.69) is 20.5 Å². The summed E-state index contributed by atoms with van der Waals surface area (Å²) in [5, 5.41) is 11.7. The predicted octanol–water partition coefficient (Wildman–Crippen LogP) is 3.12. The van der Waals surface area contributed by atoms with Crippen LogP contribution in [0.3, 0.4) is 0 Å². The van der Waals surface area contributed by atoms with Crippen molar-refractivity contribution < 1.29 is 13.9 Å². The molecule has 172 valence electrons. The lowest BCUT2D eigenvalue weighted by atomic mass is 9.75. The van der Waals surface area contributed by atoms with Crippen molar-refractivity contribution in [3.05, 3.63) is 66.1 Å². The Bertz CT molecular complexity index is 1100. The van der Waals surface area contributed by atoms with Gasteiger partial charge in [-0.3, -0.25) is 14.4 Å². The van der Waals surface area contributed by atoms with Crippen LogP contribution in [0.2, 0.25) is 0 Å². The molecule has 1 unspecified atom stereocenters. The number of aromatic nitrogens is 3. The lowest BCUT2D eigenvalue weighted by Gasteiger charge is -2.49. The Morgan fingerprint density at radius 1 is 1.18 bits per heavy atom. The van der Waals surface area contributed by atoms with Crippen LogP contribution in [0.4, 0.5) is 4.39 Å². The van der Waals surface area contributed by atoms with Gasteiger partial charge in [0.1, 0.15) is 17.3 Å². The van der Waals surface area contributed by atoms with Crippen molar-refractivity contribution in [3.63, 3.8) is 0 Å². The largest absolute Gasteiger partial charge is 0.497 e. The average Bonchev–Trinajstić information content (AvgIpc) is 3.32. The number of nitrogens with zero attached hydrogens (tertiary/aromatic N) is 4. The maximum absolute atomic E-state index is 13.1. The van der Waals surface area contributed by atoms with E-state index < -0.39 is 0 Å². The lowest BCUT2D eigenvalue weighted by Crippen LogP contribution is -2.57. The molecule has 3 aliphatic heterocycles. The number of hydrogen-bond donors (Lipinski definition) is 1. The Hall–Kier alpha value is -3.26. The highest BCUT2D eigenvalue weighted by atomic mass is 19.1. The SMILES string of the molecule is COc1ccc(-c2cn(C[C@H]3C[C@@H]4CCN3C[C@@H]4C(=O)NCc3ccc(F)cc3)nn2)cc1. The highest BCUT2D eigenvalue weighted by molar-refractivity contribution is 5.79. The van der Waals surface area contributed by atoms with E-state index in [1.165, 1.54) is 12.1 Å². The summed E-state index contributed by atoms with van der Waals surface area (Å²) in [5.41, 5.74) is 2.75. The van der Waals surface area contributed by atoms with Crippen molar-refractivity contribution in [2.24, 2.45) is 11.8 Å². The second kappa shape index (κ2) is 9.31. The Morgan fingerprint density at radius 3 is 2.67 bits per heavy atom. The van der Waals surface area contributed by atoms with E-state index in [0.717, 1.165) is 55.0 Å². The van der Waals surface area contributed by atoms with Gasteiger partial charge in [0.15, 0.2) is 0 Å². The van der Waals surface area contributed by atoms with Gasteiger partial charge in [-0.25, -0.2) is 4.39 Å². The van der Waals surface area contributed by atoms with Gasteiger partial charge in [0.25, 0.3) is 0 Å². The summed E-state index contributed by atoms with van der Waals surface area (Å²) in [7, 11) is 1.65. The molecule has 2 bridgehead atoms. The smallest absolute Gasteiger partial charge is 0.224 e. The molecule has 0 spiro atoms. The third-order valence-electron chi connectivity index (χ3n) is 6.92. The Kier molecular flexibility index (Phi) is 6.09. The number of amides is 1. The molecule has 3 aromatic rings. The number of carbonyl (C=O) groups excluding carboxylic acids is 1. The highest BCUT2D eigenvalue weighted by Crippen LogP contribution is 2.37. The lowest BCUT2D eigenvalue weighted by molar-refractivity contribution is -0.133. The molecular formula is C25H28FN5O2. The van der Waals surface area contributed by atoms with Crippen molar-refractivity contribution >= 4 is 5.91 Å². The Labute approximate surface area is 192 Å². The second-order valence-electron chi connectivity index (χ2n) is 8.94. The molecule has 0 saturated carbocycles. The molecule has 1 N–H and O–H groups in total. The zero-order chi connectivity index (χ0) is 22.8. The normalized spacial score (nSPS) is 23.9. The molecule has 3 saturated heterocycles. The van der Waals surface area contributed by atoms with Gasteiger partial charge in [-0.05, 0) is 67.3 Å². The van der Waals surface area contributed by atoms with Gasteiger partial charge < -0.3 is 10.1 Å². The zero-order valence-corrected chi connectivity index (χ0v) is 18.7. The van der Waals surface area contributed by atoms with Gasteiger partial charge in [0, 0.05) is 24.7 Å². The number of ether oxygens (including phenoxy) is 1. The van der Waals surface area contributed by atoms with Crippen LogP contribution in [-0.2, 0) is 17.9 Å². The van der Waals surface area contributed by atoms with E-state index in [-0.39, 0.29) is 17.6 Å². The van der Waals surface area contributed by atoms with Crippen LogP contribution in [0.1, 0.15) is 18.4 Å². The number of halogens is 1. The molecule has 4 atom stereocenters. The molecule has 0 aliphatic carbocycles. The van der Waals surface area contributed by atoms with Gasteiger partial charge in [-0.2, -0.15) is 0 Å². The standard InChI is InChI=1S/C25H28FN5O2/c1-33-22-8-4-18(5-9-22)24-16-31(29-28-24)14-21-12-19-10-11-30(21)15-23(19)25(32)27-13-17-2-6-20(26)7-3-17/h2-9,16,19,21,23H,10-15H2,1H3,(H,27,32)/t19-,21+,23-/m0/s1. The zero-order valence-electron chi connectivity index (χ0n) is 18.7. The summed E-state index contributed by atoms with van der Waals surface area (Å²) >= 11 is 0. The van der Waals surface area contributed by atoms with Gasteiger partial charge >= 0.3 is 0 Å². The fraction of sp³-hybridized carbons (Fsp3) is 0.400. The summed E-state index contributed by atoms with van der Waals surface area (Å²) in [6, 6.07) is 14.4. The van der Waals surface area contributed by atoms with Gasteiger partial charge in [-0.15, -0.1) is 5.10 Å². The third-order valence-corrected chi connectivity index (χ3v) is 6.92. The molecule has 33 heavy (non-hydrogen) atoms. The molecule has 1 aromatic heterocycles. The van der Waals surface area contributed by atoms with E-state index in [1.807, 2.05) is 35.1 Å². The maximum atomic E-state index is 13.1. The second-order valence-corrected chi connectivity index (χ2v) is 8.94. The minimum Gasteiger partial charge on any atom is -0.497 e. The van der Waals surface area contributed by atoms with Crippen molar-refractivity contribution in [3.8, 4) is 17.0 Å². The summed E-state index contributed by atoms with van der Waals surface area (Å²) in [5.74, 6) is 1.01. The summed E-state index contributed by atoms with van der Waals surface area (Å²) in [6.07, 6.45) is 4.00. The van der Waals surface area contributed by atoms with Crippen LogP contribution in [-0.4, -0.2) is 52.0 Å². The number of benzene rings is 2. The van der Waals surface area contributed by atoms with E-state index in [9.17, 15) is 9.18 Å². The monoisotopic (exact) mass is 449 g/mol. The first-order valence-corrected chi connectivity index (χ1v) is 11.4. The maximum Gasteiger partial charge on any atom is 0.224 e. The first kappa shape index (κ1) is 21.6. The van der Waals surface area contributed by atoms with Crippen LogP contribution in [0.5, 0.6) is 5.75 Å². The highest BCUT2D eigenvalue weighted by Gasteiger charge is 2.43. The molecular weight excluding hydrogens is 421 g/mol. The number of carbonyl (C=O) groups is 1. The first-order chi connectivity index (χ1) is 16.1. The van der Waals surface area contributed by atoms with Crippen molar-refractivity contribution in [1.29, 1.82) is 0 Å². The van der Waals surface area contributed by atoms with E-state index in [1.54, 1.807) is 19.2 Å². The molecule has 4 heterocycles. The molecule has 6 rings (SSSR count). The van der Waals surface area contributed by atoms with Crippen LogP contribution >= 0.6 is 0 Å². The third kappa shape index (κ3) is 4.75. The molecule has 7 nitrogen and oxygen atoms in total. The fourth-order valence-corrected chi connectivity index (χ4v) is 5.05. The van der Waals surface area contributed by atoms with Crippen molar-refractivity contribution in [2.75, 3.05) is 20.2 Å². The molecule has 0 radical (unpaired) electrons. The van der Waals surface area contributed by atoms with Crippen molar-refractivity contribution in [1.82, 2.24) is 25.2 Å². The minimum atomic E-state index is -0.267. The Balaban J connectivity index is 1.17. The van der Waals surface area contributed by atoms with Crippen LogP contribution < -0.4 is 10.1 Å². The van der Waals surface area contributed by atoms with Gasteiger partial charge in [-0.1, -0.05) is 17.3 Å². The van der Waals surface area contributed by atoms with E-state index in [4.69, 9.17) is 4.74 Å². The number of rotatable bonds is 7. The molecule has 3 fully saturated rings. The van der Waals surface area contributed by atoms with E-state index in [0.29, 0.717) is 18.5 Å². The molecule has 1 amide bonds. The number of methoxy groups -OCH3 is 1. The number of fused-ring (bicyclic) bond motifs is 3. The molecule has 8 heteroatoms. The number of nitrogens with one attached hydrogen (secondary N) is 1. The first-order valence-electron chi connectivity index (χ1n) is 11.4. The van der Waals surface area contributed by atoms with Gasteiger partial charge in [0.2, 0.25) is 5.91 Å². The van der Waals surface area contributed by atoms with Crippen molar-refractivity contribution in [2.45, 2.75) is 32.0 Å². The van der Waals surface area contributed by atoms with Gasteiger partial charge in [0.05, 0.1) is 25.8 Å². The van der Waals surface area contributed by atoms with E-state index >= 15 is 0 Å². The molecule has 2 aromatic carbocycles. The minimum absolute atomic E-state index is 0.000977. The quantitative estimate of drug-likeness (QED) is 0.600.